The van der Waals surface area contributed by atoms with Crippen LogP contribution in [0.15, 0.2) is 24.3 Å². The maximum absolute atomic E-state index is 11.8. The highest BCUT2D eigenvalue weighted by molar-refractivity contribution is 7.19. The van der Waals surface area contributed by atoms with Gasteiger partial charge in [-0.1, -0.05) is 18.2 Å². The molecule has 0 bridgehead atoms. The lowest BCUT2D eigenvalue weighted by Gasteiger charge is -2.49. The highest BCUT2D eigenvalue weighted by Gasteiger charge is 2.42. The molecule has 5 heteroatoms. The Morgan fingerprint density at radius 2 is 2.04 bits per heavy atom. The van der Waals surface area contributed by atoms with Crippen LogP contribution in [0.3, 0.4) is 0 Å². The van der Waals surface area contributed by atoms with Gasteiger partial charge < -0.3 is 10.0 Å². The summed E-state index contributed by atoms with van der Waals surface area (Å²) in [6.07, 6.45) is 2.60. The molecule has 3 heterocycles. The van der Waals surface area contributed by atoms with Crippen molar-refractivity contribution in [3.05, 3.63) is 34.7 Å². The first-order valence-electron chi connectivity index (χ1n) is 9.59. The van der Waals surface area contributed by atoms with E-state index in [1.807, 2.05) is 16.2 Å². The minimum absolute atomic E-state index is 0.0893. The number of aliphatic hydroxyl groups is 1. The number of amides is 1. The van der Waals surface area contributed by atoms with E-state index < -0.39 is 0 Å². The molecule has 0 aliphatic carbocycles. The van der Waals surface area contributed by atoms with Crippen molar-refractivity contribution in [3.63, 3.8) is 0 Å². The summed E-state index contributed by atoms with van der Waals surface area (Å²) in [7, 11) is 0. The number of aryl methyl sites for hydroxylation is 1. The number of rotatable bonds is 2. The zero-order valence-electron chi connectivity index (χ0n) is 15.7. The number of hydrogen-bond donors (Lipinski definition) is 1. The summed E-state index contributed by atoms with van der Waals surface area (Å²) < 4.78 is 1.38. The summed E-state index contributed by atoms with van der Waals surface area (Å²) in [6.45, 7) is 8.28. The number of hydrogen-bond acceptors (Lipinski definition) is 4. The standard InChI is InChI=1S/C21H28N2O2S/c1-15-18-5-3-4-6-19(18)26-20(15)13-22-9-7-21(8-10-22)11-17(25)12-23(14-21)16(2)24/h3-6,17,25H,7-14H2,1-2H3. The van der Waals surface area contributed by atoms with Crippen LogP contribution in [-0.4, -0.2) is 53.1 Å². The van der Waals surface area contributed by atoms with Gasteiger partial charge in [0.2, 0.25) is 5.91 Å². The van der Waals surface area contributed by atoms with E-state index in [4.69, 9.17) is 0 Å². The van der Waals surface area contributed by atoms with E-state index in [2.05, 4.69) is 36.1 Å². The molecule has 1 N–H and O–H groups in total. The van der Waals surface area contributed by atoms with Crippen molar-refractivity contribution in [1.82, 2.24) is 9.80 Å². The Bertz CT molecular complexity index is 807. The zero-order chi connectivity index (χ0) is 18.3. The molecular weight excluding hydrogens is 344 g/mol. The lowest BCUT2D eigenvalue weighted by Crippen LogP contribution is -2.54. The molecule has 1 amide bonds. The molecule has 0 radical (unpaired) electrons. The molecule has 1 unspecified atom stereocenters. The highest BCUT2D eigenvalue weighted by Crippen LogP contribution is 2.41. The van der Waals surface area contributed by atoms with Crippen molar-refractivity contribution in [2.24, 2.45) is 5.41 Å². The van der Waals surface area contributed by atoms with Gasteiger partial charge in [0.05, 0.1) is 6.10 Å². The first-order chi connectivity index (χ1) is 12.5. The van der Waals surface area contributed by atoms with Gasteiger partial charge in [-0.3, -0.25) is 9.69 Å². The third-order valence-electron chi connectivity index (χ3n) is 6.30. The minimum atomic E-state index is -0.371. The number of benzene rings is 1. The van der Waals surface area contributed by atoms with Gasteiger partial charge in [-0.25, -0.2) is 0 Å². The third kappa shape index (κ3) is 3.40. The topological polar surface area (TPSA) is 43.8 Å². The van der Waals surface area contributed by atoms with E-state index in [-0.39, 0.29) is 17.4 Å². The van der Waals surface area contributed by atoms with Crippen LogP contribution in [0.5, 0.6) is 0 Å². The van der Waals surface area contributed by atoms with Crippen molar-refractivity contribution in [3.8, 4) is 0 Å². The number of carbonyl (C=O) groups excluding carboxylic acids is 1. The fourth-order valence-electron chi connectivity index (χ4n) is 4.72. The van der Waals surface area contributed by atoms with Crippen molar-refractivity contribution in [1.29, 1.82) is 0 Å². The normalized spacial score (nSPS) is 23.7. The Kier molecular flexibility index (Phi) is 4.80. The fourth-order valence-corrected chi connectivity index (χ4v) is 5.97. The van der Waals surface area contributed by atoms with E-state index in [1.54, 1.807) is 6.92 Å². The minimum Gasteiger partial charge on any atom is -0.391 e. The van der Waals surface area contributed by atoms with Gasteiger partial charge in [0, 0.05) is 36.1 Å². The summed E-state index contributed by atoms with van der Waals surface area (Å²) in [5.74, 6) is 0.0893. The summed E-state index contributed by atoms with van der Waals surface area (Å²) in [6, 6.07) is 8.66. The zero-order valence-corrected chi connectivity index (χ0v) is 16.5. The number of nitrogens with zero attached hydrogens (tertiary/aromatic N) is 2. The monoisotopic (exact) mass is 372 g/mol. The Balaban J connectivity index is 1.43. The van der Waals surface area contributed by atoms with E-state index >= 15 is 0 Å². The lowest BCUT2D eigenvalue weighted by molar-refractivity contribution is -0.138. The highest BCUT2D eigenvalue weighted by atomic mass is 32.1. The van der Waals surface area contributed by atoms with E-state index in [0.717, 1.165) is 45.4 Å². The molecule has 4 nitrogen and oxygen atoms in total. The Morgan fingerprint density at radius 1 is 1.31 bits per heavy atom. The quantitative estimate of drug-likeness (QED) is 0.879. The summed E-state index contributed by atoms with van der Waals surface area (Å²) >= 11 is 1.91. The molecule has 1 spiro atoms. The second kappa shape index (κ2) is 6.95. The predicted molar refractivity (Wildman–Crippen MR) is 106 cm³/mol. The molecule has 4 rings (SSSR count). The summed E-state index contributed by atoms with van der Waals surface area (Å²) in [5.41, 5.74) is 1.52. The number of thiophene rings is 1. The van der Waals surface area contributed by atoms with Crippen LogP contribution in [0.4, 0.5) is 0 Å². The van der Waals surface area contributed by atoms with Crippen LogP contribution in [0.2, 0.25) is 0 Å². The third-order valence-corrected chi connectivity index (χ3v) is 7.56. The predicted octanol–water partition coefficient (Wildman–Crippen LogP) is 3.41. The van der Waals surface area contributed by atoms with Gasteiger partial charge in [0.15, 0.2) is 0 Å². The molecule has 0 saturated carbocycles. The number of piperidine rings is 2. The van der Waals surface area contributed by atoms with E-state index in [1.165, 1.54) is 20.5 Å². The van der Waals surface area contributed by atoms with Crippen molar-refractivity contribution in [2.45, 2.75) is 45.8 Å². The Labute approximate surface area is 159 Å². The molecule has 2 saturated heterocycles. The van der Waals surface area contributed by atoms with Gasteiger partial charge >= 0.3 is 0 Å². The summed E-state index contributed by atoms with van der Waals surface area (Å²) in [5, 5.41) is 11.6. The van der Waals surface area contributed by atoms with Crippen molar-refractivity contribution < 1.29 is 9.90 Å². The van der Waals surface area contributed by atoms with Crippen LogP contribution in [0, 0.1) is 12.3 Å². The average Bonchev–Trinajstić information content (AvgIpc) is 2.93. The first-order valence-corrected chi connectivity index (χ1v) is 10.4. The number of carbonyl (C=O) groups is 1. The van der Waals surface area contributed by atoms with Crippen LogP contribution < -0.4 is 0 Å². The molecule has 26 heavy (non-hydrogen) atoms. The Morgan fingerprint density at radius 3 is 2.73 bits per heavy atom. The van der Waals surface area contributed by atoms with Crippen LogP contribution in [0.25, 0.3) is 10.1 Å². The van der Waals surface area contributed by atoms with Crippen LogP contribution in [-0.2, 0) is 11.3 Å². The number of β-amino-alcohol motifs (C(OH)–C–C–N with tert-alkyl or cyclic N) is 1. The van der Waals surface area contributed by atoms with Crippen molar-refractivity contribution >= 4 is 27.3 Å². The largest absolute Gasteiger partial charge is 0.391 e. The first kappa shape index (κ1) is 18.0. The van der Waals surface area contributed by atoms with Gasteiger partial charge in [0.25, 0.3) is 0 Å². The number of likely N-dealkylation sites (tertiary alicyclic amines) is 2. The van der Waals surface area contributed by atoms with E-state index in [0.29, 0.717) is 6.54 Å². The number of fused-ring (bicyclic) bond motifs is 1. The Hall–Kier alpha value is -1.43. The molecule has 1 atom stereocenters. The van der Waals surface area contributed by atoms with E-state index in [9.17, 15) is 9.90 Å². The molecule has 140 valence electrons. The SMILES string of the molecule is CC(=O)N1CC(O)CC2(CCN(Cc3sc4ccccc4c3C)CC2)C1. The van der Waals surface area contributed by atoms with Gasteiger partial charge in [-0.2, -0.15) is 0 Å². The summed E-state index contributed by atoms with van der Waals surface area (Å²) in [4.78, 5) is 17.7. The van der Waals surface area contributed by atoms with Crippen LogP contribution in [0.1, 0.15) is 36.6 Å². The molecule has 2 aliphatic heterocycles. The molecule has 2 aromatic rings. The fraction of sp³-hybridized carbons (Fsp3) is 0.571. The van der Waals surface area contributed by atoms with Gasteiger partial charge in [-0.05, 0) is 61.7 Å². The van der Waals surface area contributed by atoms with Crippen LogP contribution >= 0.6 is 11.3 Å². The second-order valence-corrected chi connectivity index (χ2v) is 9.32. The van der Waals surface area contributed by atoms with Gasteiger partial charge in [-0.15, -0.1) is 11.3 Å². The average molecular weight is 373 g/mol. The molecular formula is C21H28N2O2S. The lowest BCUT2D eigenvalue weighted by atomic mass is 9.71. The van der Waals surface area contributed by atoms with Gasteiger partial charge in [0.1, 0.15) is 0 Å². The maximum Gasteiger partial charge on any atom is 0.219 e. The second-order valence-electron chi connectivity index (χ2n) is 8.18. The smallest absolute Gasteiger partial charge is 0.219 e. The number of aliphatic hydroxyl groups excluding tert-OH is 1. The molecule has 2 fully saturated rings. The molecule has 1 aromatic carbocycles. The molecule has 2 aliphatic rings. The van der Waals surface area contributed by atoms with Crippen molar-refractivity contribution in [2.75, 3.05) is 26.2 Å². The maximum atomic E-state index is 11.8. The molecule has 1 aromatic heterocycles.